The van der Waals surface area contributed by atoms with Crippen LogP contribution in [0.4, 0.5) is 4.39 Å². The van der Waals surface area contributed by atoms with Crippen LogP contribution in [0.25, 0.3) is 0 Å². The highest BCUT2D eigenvalue weighted by atomic mass is 32.2. The Hall–Kier alpha value is -1.36. The molecule has 1 aromatic heterocycles. The normalized spacial score (nSPS) is 17.0. The molecule has 0 bridgehead atoms. The number of ether oxygens (including phenoxy) is 1. The molecule has 0 saturated heterocycles. The van der Waals surface area contributed by atoms with Crippen LogP contribution in [-0.2, 0) is 39.9 Å². The number of benzene rings is 1. The Kier molecular flexibility index (Phi) is 7.20. The summed E-state index contributed by atoms with van der Waals surface area (Å²) in [6, 6.07) is 3.23. The zero-order chi connectivity index (χ0) is 24.0. The minimum Gasteiger partial charge on any atom is -0.385 e. The van der Waals surface area contributed by atoms with Gasteiger partial charge in [-0.05, 0) is 59.6 Å². The average molecular weight is 485 g/mol. The maximum atomic E-state index is 14.5. The van der Waals surface area contributed by atoms with E-state index in [0.29, 0.717) is 13.2 Å². The Morgan fingerprint density at radius 3 is 2.44 bits per heavy atom. The molecule has 1 aromatic carbocycles. The number of fused-ring (bicyclic) bond motifs is 1. The van der Waals surface area contributed by atoms with Crippen molar-refractivity contribution < 1.29 is 23.5 Å². The SMILES string of the molecule is CC(C)c1cc2c(c(C(C)C)c1CC(O)N=[S@@](N)(=O)c1sc(C(C)(C)O)cc1F)COC2. The summed E-state index contributed by atoms with van der Waals surface area (Å²) in [5, 5.41) is 26.8. The summed E-state index contributed by atoms with van der Waals surface area (Å²) in [5.74, 6) is -0.402. The third-order valence-electron chi connectivity index (χ3n) is 5.61. The lowest BCUT2D eigenvalue weighted by Crippen LogP contribution is -2.20. The molecule has 1 unspecified atom stereocenters. The minimum atomic E-state index is -3.69. The van der Waals surface area contributed by atoms with Crippen LogP contribution in [0.2, 0.25) is 0 Å². The maximum absolute atomic E-state index is 14.5. The fourth-order valence-corrected chi connectivity index (χ4v) is 6.69. The number of hydrogen-bond acceptors (Lipinski definition) is 6. The van der Waals surface area contributed by atoms with Crippen LogP contribution in [-0.4, -0.2) is 20.6 Å². The van der Waals surface area contributed by atoms with Crippen molar-refractivity contribution in [2.75, 3.05) is 0 Å². The second-order valence-corrected chi connectivity index (χ2v) is 12.5. The first-order chi connectivity index (χ1) is 14.7. The summed E-state index contributed by atoms with van der Waals surface area (Å²) in [6.45, 7) is 12.5. The summed E-state index contributed by atoms with van der Waals surface area (Å²) in [5.41, 5.74) is 4.15. The van der Waals surface area contributed by atoms with Gasteiger partial charge >= 0.3 is 0 Å². The second-order valence-electron chi connectivity index (χ2n) is 9.46. The molecule has 0 radical (unpaired) electrons. The van der Waals surface area contributed by atoms with E-state index in [1.807, 2.05) is 0 Å². The molecule has 0 spiro atoms. The van der Waals surface area contributed by atoms with Gasteiger partial charge in [-0.25, -0.2) is 13.7 Å². The highest BCUT2D eigenvalue weighted by Gasteiger charge is 2.28. The third kappa shape index (κ3) is 5.08. The van der Waals surface area contributed by atoms with Crippen molar-refractivity contribution in [1.29, 1.82) is 0 Å². The molecule has 2 atom stereocenters. The molecule has 178 valence electrons. The molecule has 2 heterocycles. The number of aliphatic hydroxyl groups is 2. The molecule has 3 rings (SSSR count). The molecular weight excluding hydrogens is 451 g/mol. The second kappa shape index (κ2) is 9.12. The smallest absolute Gasteiger partial charge is 0.159 e. The molecule has 4 N–H and O–H groups in total. The van der Waals surface area contributed by atoms with E-state index in [1.54, 1.807) is 0 Å². The lowest BCUT2D eigenvalue weighted by molar-refractivity contribution is 0.0823. The molecule has 6 nitrogen and oxygen atoms in total. The van der Waals surface area contributed by atoms with Crippen molar-refractivity contribution in [1.82, 2.24) is 0 Å². The Morgan fingerprint density at radius 2 is 1.91 bits per heavy atom. The van der Waals surface area contributed by atoms with Crippen molar-refractivity contribution >= 4 is 21.3 Å². The topological polar surface area (TPSA) is 105 Å². The molecule has 32 heavy (non-hydrogen) atoms. The number of nitrogens with two attached hydrogens (primary N) is 1. The predicted molar refractivity (Wildman–Crippen MR) is 125 cm³/mol. The van der Waals surface area contributed by atoms with Crippen LogP contribution >= 0.6 is 11.3 Å². The Labute approximate surface area is 193 Å². The van der Waals surface area contributed by atoms with Gasteiger partial charge in [0.1, 0.15) is 9.92 Å². The number of rotatable bonds is 7. The van der Waals surface area contributed by atoms with Gasteiger partial charge in [-0.15, -0.1) is 11.3 Å². The van der Waals surface area contributed by atoms with Crippen LogP contribution in [0.1, 0.15) is 86.1 Å². The van der Waals surface area contributed by atoms with Gasteiger partial charge in [0.2, 0.25) is 0 Å². The molecule has 0 fully saturated rings. The summed E-state index contributed by atoms with van der Waals surface area (Å²) in [4.78, 5) is 0.288. The van der Waals surface area contributed by atoms with Crippen LogP contribution < -0.4 is 5.14 Å². The predicted octanol–water partition coefficient (Wildman–Crippen LogP) is 4.65. The van der Waals surface area contributed by atoms with E-state index in [9.17, 15) is 18.8 Å². The van der Waals surface area contributed by atoms with Crippen LogP contribution in [0.15, 0.2) is 20.7 Å². The highest BCUT2D eigenvalue weighted by Crippen LogP contribution is 2.38. The van der Waals surface area contributed by atoms with Crippen molar-refractivity contribution in [2.45, 2.75) is 89.1 Å². The lowest BCUT2D eigenvalue weighted by atomic mass is 9.82. The van der Waals surface area contributed by atoms with Crippen LogP contribution in [0.5, 0.6) is 0 Å². The first-order valence-corrected chi connectivity index (χ1v) is 13.1. The van der Waals surface area contributed by atoms with Crippen molar-refractivity contribution in [2.24, 2.45) is 9.50 Å². The number of nitrogens with zero attached hydrogens (tertiary/aromatic N) is 1. The summed E-state index contributed by atoms with van der Waals surface area (Å²) < 4.78 is 36.9. The van der Waals surface area contributed by atoms with E-state index in [-0.39, 0.29) is 27.3 Å². The first-order valence-electron chi connectivity index (χ1n) is 10.7. The molecular formula is C23H33FN2O4S2. The van der Waals surface area contributed by atoms with Gasteiger partial charge in [0.25, 0.3) is 0 Å². The van der Waals surface area contributed by atoms with Gasteiger partial charge in [-0.1, -0.05) is 33.8 Å². The minimum absolute atomic E-state index is 0.119. The van der Waals surface area contributed by atoms with Gasteiger partial charge < -0.3 is 14.9 Å². The molecule has 9 heteroatoms. The van der Waals surface area contributed by atoms with E-state index in [2.05, 4.69) is 38.1 Å². The maximum Gasteiger partial charge on any atom is 0.159 e. The molecule has 0 amide bonds. The summed E-state index contributed by atoms with van der Waals surface area (Å²) in [6.07, 6.45) is -1.26. The van der Waals surface area contributed by atoms with E-state index in [4.69, 9.17) is 9.88 Å². The fourth-order valence-electron chi connectivity index (χ4n) is 4.18. The molecule has 0 aliphatic carbocycles. The number of halogens is 1. The average Bonchev–Trinajstić information content (AvgIpc) is 3.26. The van der Waals surface area contributed by atoms with Crippen molar-refractivity contribution in [3.05, 3.63) is 50.6 Å². The molecule has 0 saturated carbocycles. The van der Waals surface area contributed by atoms with Gasteiger partial charge in [0.15, 0.2) is 16.3 Å². The number of aliphatic hydroxyl groups excluding tert-OH is 1. The third-order valence-corrected chi connectivity index (χ3v) is 9.08. The van der Waals surface area contributed by atoms with Crippen molar-refractivity contribution in [3.63, 3.8) is 0 Å². The quantitative estimate of drug-likeness (QED) is 0.532. The lowest BCUT2D eigenvalue weighted by Gasteiger charge is -2.24. The Bertz CT molecular complexity index is 1130. The van der Waals surface area contributed by atoms with E-state index < -0.39 is 27.6 Å². The van der Waals surface area contributed by atoms with E-state index >= 15 is 0 Å². The summed E-state index contributed by atoms with van der Waals surface area (Å²) in [7, 11) is -3.69. The van der Waals surface area contributed by atoms with Gasteiger partial charge in [0.05, 0.1) is 18.8 Å². The molecule has 2 aromatic rings. The van der Waals surface area contributed by atoms with Crippen LogP contribution in [0.3, 0.4) is 0 Å². The first kappa shape index (κ1) is 25.3. The Morgan fingerprint density at radius 1 is 1.25 bits per heavy atom. The molecule has 1 aliphatic rings. The van der Waals surface area contributed by atoms with Crippen molar-refractivity contribution in [3.8, 4) is 0 Å². The van der Waals surface area contributed by atoms with E-state index in [1.165, 1.54) is 13.8 Å². The zero-order valence-corrected chi connectivity index (χ0v) is 21.1. The van der Waals surface area contributed by atoms with Gasteiger partial charge in [-0.3, -0.25) is 0 Å². The largest absolute Gasteiger partial charge is 0.385 e. The Balaban J connectivity index is 2.04. The van der Waals surface area contributed by atoms with Crippen LogP contribution in [0, 0.1) is 5.82 Å². The van der Waals surface area contributed by atoms with E-state index in [0.717, 1.165) is 45.2 Å². The fraction of sp³-hybridized carbons (Fsp3) is 0.565. The highest BCUT2D eigenvalue weighted by molar-refractivity contribution is 7.93. The van der Waals surface area contributed by atoms with Gasteiger partial charge in [0, 0.05) is 11.3 Å². The summed E-state index contributed by atoms with van der Waals surface area (Å²) >= 11 is 0.807. The van der Waals surface area contributed by atoms with Gasteiger partial charge in [-0.2, -0.15) is 4.36 Å². The standard InChI is InChI=1S/C23H33FN2O4S2/c1-12(2)15-7-14-10-30-11-17(14)21(13(3)4)16(15)8-20(27)26-32(25,29)22-18(24)9-19(31-22)23(5,6)28/h7,9,12-13,20,27-28H,8,10-11H2,1-6H3,(H2,25,26,29)/t20?,32-/m1/s1. The zero-order valence-electron chi connectivity index (χ0n) is 19.4. The number of hydrogen-bond donors (Lipinski definition) is 3. The molecule has 1 aliphatic heterocycles. The number of thiophene rings is 1. The monoisotopic (exact) mass is 484 g/mol.